The maximum atomic E-state index is 10.9. The number of nitrogens with zero attached hydrogens (tertiary/aromatic N) is 1. The first-order valence-corrected chi connectivity index (χ1v) is 5.01. The van der Waals surface area contributed by atoms with Gasteiger partial charge in [-0.2, -0.15) is 5.26 Å². The molecule has 0 aromatic rings. The molecular weight excluding hydrogens is 180 g/mol. The lowest BCUT2D eigenvalue weighted by atomic mass is 9.86. The third kappa shape index (κ3) is 3.25. The number of carbonyl (C=O) groups is 1. The summed E-state index contributed by atoms with van der Waals surface area (Å²) in [5.41, 5.74) is 0. The van der Waals surface area contributed by atoms with Crippen molar-refractivity contribution in [3.05, 3.63) is 0 Å². The monoisotopic (exact) mass is 196 g/mol. The molecule has 1 amide bonds. The molecule has 0 bridgehead atoms. The van der Waals surface area contributed by atoms with Crippen molar-refractivity contribution in [3.8, 4) is 6.07 Å². The highest BCUT2D eigenvalue weighted by molar-refractivity contribution is 5.66. The van der Waals surface area contributed by atoms with Crippen LogP contribution in [-0.4, -0.2) is 19.2 Å². The van der Waals surface area contributed by atoms with Crippen LogP contribution in [0.25, 0.3) is 0 Å². The van der Waals surface area contributed by atoms with Gasteiger partial charge in [0, 0.05) is 13.5 Å². The maximum absolute atomic E-state index is 10.9. The SMILES string of the molecule is CNC(=O)O[C@H]1CC[C@H](CC#N)CC1. The van der Waals surface area contributed by atoms with Crippen molar-refractivity contribution in [2.45, 2.75) is 38.2 Å². The molecule has 0 aromatic heterocycles. The lowest BCUT2D eigenvalue weighted by molar-refractivity contribution is 0.0662. The molecule has 0 atom stereocenters. The summed E-state index contributed by atoms with van der Waals surface area (Å²) in [5.74, 6) is 0.504. The molecule has 0 aliphatic heterocycles. The number of hydrogen-bond donors (Lipinski definition) is 1. The van der Waals surface area contributed by atoms with Crippen molar-refractivity contribution in [2.24, 2.45) is 5.92 Å². The number of carbonyl (C=O) groups excluding carboxylic acids is 1. The Balaban J connectivity index is 2.22. The molecule has 78 valence electrons. The summed E-state index contributed by atoms with van der Waals surface area (Å²) >= 11 is 0. The number of nitriles is 1. The standard InChI is InChI=1S/C10H16N2O2/c1-12-10(13)14-9-4-2-8(3-5-9)6-7-11/h8-9H,2-6H2,1H3,(H,12,13)/t8-,9-. The second-order valence-corrected chi connectivity index (χ2v) is 3.66. The third-order valence-corrected chi connectivity index (χ3v) is 2.65. The summed E-state index contributed by atoms with van der Waals surface area (Å²) in [7, 11) is 1.56. The van der Waals surface area contributed by atoms with Crippen LogP contribution in [0, 0.1) is 17.2 Å². The zero-order valence-electron chi connectivity index (χ0n) is 8.45. The van der Waals surface area contributed by atoms with Gasteiger partial charge in [-0.15, -0.1) is 0 Å². The molecule has 14 heavy (non-hydrogen) atoms. The lowest BCUT2D eigenvalue weighted by Gasteiger charge is -2.26. The van der Waals surface area contributed by atoms with E-state index < -0.39 is 0 Å². The van der Waals surface area contributed by atoms with Gasteiger partial charge in [0.05, 0.1) is 6.07 Å². The van der Waals surface area contributed by atoms with E-state index in [1.807, 2.05) is 0 Å². The van der Waals surface area contributed by atoms with Gasteiger partial charge < -0.3 is 10.1 Å². The molecule has 1 aliphatic rings. The Kier molecular flexibility index (Phi) is 4.24. The predicted molar refractivity (Wildman–Crippen MR) is 51.5 cm³/mol. The van der Waals surface area contributed by atoms with Gasteiger partial charge in [-0.1, -0.05) is 0 Å². The Hall–Kier alpha value is -1.24. The maximum Gasteiger partial charge on any atom is 0.407 e. The minimum atomic E-state index is -0.353. The quantitative estimate of drug-likeness (QED) is 0.732. The highest BCUT2D eigenvalue weighted by Gasteiger charge is 2.23. The van der Waals surface area contributed by atoms with E-state index >= 15 is 0 Å². The van der Waals surface area contributed by atoms with E-state index in [1.165, 1.54) is 0 Å². The molecule has 0 aromatic carbocycles. The molecule has 1 fully saturated rings. The minimum Gasteiger partial charge on any atom is -0.446 e. The van der Waals surface area contributed by atoms with Gasteiger partial charge in [-0.3, -0.25) is 0 Å². The van der Waals surface area contributed by atoms with Crippen molar-refractivity contribution in [1.29, 1.82) is 5.26 Å². The first kappa shape index (κ1) is 10.8. The van der Waals surface area contributed by atoms with Gasteiger partial charge in [-0.25, -0.2) is 4.79 Å². The van der Waals surface area contributed by atoms with Crippen LogP contribution < -0.4 is 5.32 Å². The second-order valence-electron chi connectivity index (χ2n) is 3.66. The first-order chi connectivity index (χ1) is 6.76. The number of rotatable bonds is 2. The molecular formula is C10H16N2O2. The van der Waals surface area contributed by atoms with E-state index in [9.17, 15) is 4.79 Å². The van der Waals surface area contributed by atoms with E-state index in [4.69, 9.17) is 10.00 Å². The van der Waals surface area contributed by atoms with Crippen LogP contribution in [0.2, 0.25) is 0 Å². The third-order valence-electron chi connectivity index (χ3n) is 2.65. The Labute approximate surface area is 84.2 Å². The summed E-state index contributed by atoms with van der Waals surface area (Å²) in [6.45, 7) is 0. The molecule has 1 N–H and O–H groups in total. The minimum absolute atomic E-state index is 0.0462. The molecule has 1 rings (SSSR count). The number of hydrogen-bond acceptors (Lipinski definition) is 3. The molecule has 0 heterocycles. The second kappa shape index (κ2) is 5.48. The van der Waals surface area contributed by atoms with Gasteiger partial charge in [0.2, 0.25) is 0 Å². The Morgan fingerprint density at radius 2 is 2.14 bits per heavy atom. The largest absolute Gasteiger partial charge is 0.446 e. The van der Waals surface area contributed by atoms with Crippen LogP contribution >= 0.6 is 0 Å². The summed E-state index contributed by atoms with van der Waals surface area (Å²) < 4.78 is 5.13. The normalized spacial score (nSPS) is 26.3. The number of alkyl carbamates (subject to hydrolysis) is 1. The average molecular weight is 196 g/mol. The summed E-state index contributed by atoms with van der Waals surface area (Å²) in [5, 5.41) is 11.0. The van der Waals surface area contributed by atoms with Crippen LogP contribution in [-0.2, 0) is 4.74 Å². The smallest absolute Gasteiger partial charge is 0.407 e. The fourth-order valence-electron chi connectivity index (χ4n) is 1.79. The van der Waals surface area contributed by atoms with Crippen LogP contribution in [0.3, 0.4) is 0 Å². The molecule has 0 unspecified atom stereocenters. The van der Waals surface area contributed by atoms with E-state index in [0.29, 0.717) is 12.3 Å². The van der Waals surface area contributed by atoms with Gasteiger partial charge in [0.25, 0.3) is 0 Å². The highest BCUT2D eigenvalue weighted by atomic mass is 16.6. The molecule has 0 radical (unpaired) electrons. The van der Waals surface area contributed by atoms with Crippen LogP contribution in [0.1, 0.15) is 32.1 Å². The van der Waals surface area contributed by atoms with Gasteiger partial charge >= 0.3 is 6.09 Å². The van der Waals surface area contributed by atoms with Gasteiger partial charge in [0.15, 0.2) is 0 Å². The average Bonchev–Trinajstić information content (AvgIpc) is 2.21. The van der Waals surface area contributed by atoms with Crippen molar-refractivity contribution < 1.29 is 9.53 Å². The Bertz CT molecular complexity index is 227. The van der Waals surface area contributed by atoms with Crippen molar-refractivity contribution >= 4 is 6.09 Å². The summed E-state index contributed by atoms with van der Waals surface area (Å²) in [6, 6.07) is 2.18. The molecule has 4 heteroatoms. The molecule has 4 nitrogen and oxygen atoms in total. The van der Waals surface area contributed by atoms with Crippen LogP contribution in [0.15, 0.2) is 0 Å². The van der Waals surface area contributed by atoms with Crippen molar-refractivity contribution in [2.75, 3.05) is 7.05 Å². The zero-order chi connectivity index (χ0) is 10.4. The summed E-state index contributed by atoms with van der Waals surface area (Å²) in [6.07, 6.45) is 4.09. The number of amides is 1. The molecule has 0 spiro atoms. The fourth-order valence-corrected chi connectivity index (χ4v) is 1.79. The predicted octanol–water partition coefficient (Wildman–Crippen LogP) is 1.81. The van der Waals surface area contributed by atoms with Gasteiger partial charge in [0.1, 0.15) is 6.10 Å². The van der Waals surface area contributed by atoms with Crippen LogP contribution in [0.5, 0.6) is 0 Å². The number of ether oxygens (including phenoxy) is 1. The highest BCUT2D eigenvalue weighted by Crippen LogP contribution is 2.28. The van der Waals surface area contributed by atoms with Crippen molar-refractivity contribution in [1.82, 2.24) is 5.32 Å². The Morgan fingerprint density at radius 3 is 2.64 bits per heavy atom. The summed E-state index contributed by atoms with van der Waals surface area (Å²) in [4.78, 5) is 10.9. The fraction of sp³-hybridized carbons (Fsp3) is 0.800. The topological polar surface area (TPSA) is 62.1 Å². The van der Waals surface area contributed by atoms with Crippen LogP contribution in [0.4, 0.5) is 4.79 Å². The Morgan fingerprint density at radius 1 is 1.50 bits per heavy atom. The van der Waals surface area contributed by atoms with E-state index in [0.717, 1.165) is 25.7 Å². The van der Waals surface area contributed by atoms with E-state index in [-0.39, 0.29) is 12.2 Å². The first-order valence-electron chi connectivity index (χ1n) is 5.01. The van der Waals surface area contributed by atoms with E-state index in [1.54, 1.807) is 7.05 Å². The lowest BCUT2D eigenvalue weighted by Crippen LogP contribution is -2.29. The molecule has 0 saturated heterocycles. The zero-order valence-corrected chi connectivity index (χ0v) is 8.45. The molecule has 1 aliphatic carbocycles. The van der Waals surface area contributed by atoms with E-state index in [2.05, 4.69) is 11.4 Å². The number of nitrogens with one attached hydrogen (secondary N) is 1. The van der Waals surface area contributed by atoms with Gasteiger partial charge in [-0.05, 0) is 31.6 Å². The van der Waals surface area contributed by atoms with Crippen molar-refractivity contribution in [3.63, 3.8) is 0 Å². The molecule has 1 saturated carbocycles.